The Balaban J connectivity index is 2.06. The molecule has 8 heteroatoms. The third-order valence-corrected chi connectivity index (χ3v) is 6.77. The molecule has 3 rings (SSSR count). The zero-order chi connectivity index (χ0) is 17.7. The van der Waals surface area contributed by atoms with Gasteiger partial charge in [-0.1, -0.05) is 23.7 Å². The predicted octanol–water partition coefficient (Wildman–Crippen LogP) is 2.20. The van der Waals surface area contributed by atoms with Crippen LogP contribution < -0.4 is 5.73 Å². The summed E-state index contributed by atoms with van der Waals surface area (Å²) in [6.45, 7) is 0. The summed E-state index contributed by atoms with van der Waals surface area (Å²) in [5.74, 6) is -2.88. The van der Waals surface area contributed by atoms with Crippen LogP contribution in [0.25, 0.3) is 0 Å². The van der Waals surface area contributed by atoms with Crippen LogP contribution >= 0.6 is 11.6 Å². The van der Waals surface area contributed by atoms with Gasteiger partial charge in [-0.2, -0.15) is 0 Å². The Bertz CT molecular complexity index is 899. The van der Waals surface area contributed by atoms with Gasteiger partial charge in [-0.25, -0.2) is 12.8 Å². The number of benzene rings is 2. The molecule has 3 atom stereocenters. The first kappa shape index (κ1) is 16.9. The molecule has 0 heterocycles. The smallest absolute Gasteiger partial charge is 0.325 e. The van der Waals surface area contributed by atoms with Crippen molar-refractivity contribution in [2.75, 3.05) is 0 Å². The summed E-state index contributed by atoms with van der Waals surface area (Å²) in [6, 6.07) is 10.4. The second-order valence-electron chi connectivity index (χ2n) is 5.69. The Morgan fingerprint density at radius 2 is 1.67 bits per heavy atom. The summed E-state index contributed by atoms with van der Waals surface area (Å²) in [5.41, 5.74) is 4.31. The van der Waals surface area contributed by atoms with Crippen molar-refractivity contribution in [3.8, 4) is 0 Å². The van der Waals surface area contributed by atoms with E-state index in [1.807, 2.05) is 0 Å². The number of hydrogen-bond acceptors (Lipinski definition) is 4. The van der Waals surface area contributed by atoms with Crippen molar-refractivity contribution in [3.63, 3.8) is 0 Å². The maximum Gasteiger partial charge on any atom is 0.325 e. The molecule has 0 spiro atoms. The maximum atomic E-state index is 13.1. The van der Waals surface area contributed by atoms with E-state index in [0.717, 1.165) is 12.1 Å². The molecule has 0 radical (unpaired) electrons. The average molecular weight is 370 g/mol. The molecule has 3 N–H and O–H groups in total. The van der Waals surface area contributed by atoms with Gasteiger partial charge in [-0.3, -0.25) is 4.79 Å². The third-order valence-electron chi connectivity index (χ3n) is 4.26. The molecule has 0 amide bonds. The summed E-state index contributed by atoms with van der Waals surface area (Å²) in [6.07, 6.45) is 0. The molecule has 2 aromatic carbocycles. The first-order chi connectivity index (χ1) is 11.2. The minimum absolute atomic E-state index is 0.0578. The number of carboxylic acids is 1. The first-order valence-corrected chi connectivity index (χ1v) is 8.88. The topological polar surface area (TPSA) is 97.5 Å². The number of sulfone groups is 1. The molecule has 24 heavy (non-hydrogen) atoms. The van der Waals surface area contributed by atoms with Crippen LogP contribution in [-0.2, 0) is 14.6 Å². The van der Waals surface area contributed by atoms with Gasteiger partial charge in [0.2, 0.25) is 0 Å². The van der Waals surface area contributed by atoms with E-state index in [9.17, 15) is 22.7 Å². The van der Waals surface area contributed by atoms with E-state index >= 15 is 0 Å². The van der Waals surface area contributed by atoms with Gasteiger partial charge in [0.15, 0.2) is 9.84 Å². The summed E-state index contributed by atoms with van der Waals surface area (Å²) < 4.78 is 38.7. The van der Waals surface area contributed by atoms with Crippen LogP contribution in [0.1, 0.15) is 11.5 Å². The highest BCUT2D eigenvalue weighted by molar-refractivity contribution is 7.92. The zero-order valence-corrected chi connectivity index (χ0v) is 13.8. The molecule has 1 saturated carbocycles. The monoisotopic (exact) mass is 369 g/mol. The fraction of sp³-hybridized carbons (Fsp3) is 0.188. The molecule has 5 nitrogen and oxygen atoms in total. The van der Waals surface area contributed by atoms with E-state index in [4.69, 9.17) is 17.3 Å². The standard InChI is InChI=1S/C16H13ClFNO4S/c17-10-3-7-12(8-4-10)24(22,23)14-13(16(14,19)15(20)21)9-1-5-11(18)6-2-9/h1-8,13-14H,19H2,(H,20,21)/t13-,14-,16-/m1/s1. The number of rotatable bonds is 4. The normalized spacial score (nSPS) is 26.1. The zero-order valence-electron chi connectivity index (χ0n) is 12.2. The van der Waals surface area contributed by atoms with Crippen LogP contribution in [0.15, 0.2) is 53.4 Å². The molecule has 126 valence electrons. The molecule has 0 aliphatic heterocycles. The highest BCUT2D eigenvalue weighted by Gasteiger charge is 2.74. The lowest BCUT2D eigenvalue weighted by Gasteiger charge is -2.06. The fourth-order valence-corrected chi connectivity index (χ4v) is 5.31. The summed E-state index contributed by atoms with van der Waals surface area (Å²) in [7, 11) is -4.00. The highest BCUT2D eigenvalue weighted by atomic mass is 35.5. The lowest BCUT2D eigenvalue weighted by Crippen LogP contribution is -2.39. The summed E-state index contributed by atoms with van der Waals surface area (Å²) in [4.78, 5) is 11.5. The second kappa shape index (κ2) is 5.54. The van der Waals surface area contributed by atoms with Gasteiger partial charge in [0, 0.05) is 10.9 Å². The Kier molecular flexibility index (Phi) is 3.90. The van der Waals surface area contributed by atoms with E-state index in [2.05, 4.69) is 0 Å². The van der Waals surface area contributed by atoms with Crippen LogP contribution in [-0.4, -0.2) is 30.3 Å². The summed E-state index contributed by atoms with van der Waals surface area (Å²) in [5, 5.41) is 8.46. The SMILES string of the molecule is N[C@]1(C(=O)O)[C@H](c2ccc(F)cc2)[C@H]1S(=O)(=O)c1ccc(Cl)cc1. The van der Waals surface area contributed by atoms with Gasteiger partial charge < -0.3 is 10.8 Å². The Morgan fingerprint density at radius 1 is 1.12 bits per heavy atom. The molecule has 1 aliphatic rings. The van der Waals surface area contributed by atoms with Gasteiger partial charge in [0.1, 0.15) is 16.6 Å². The van der Waals surface area contributed by atoms with Gasteiger partial charge in [-0.05, 0) is 42.0 Å². The lowest BCUT2D eigenvalue weighted by atomic mass is 10.1. The third kappa shape index (κ3) is 2.49. The van der Waals surface area contributed by atoms with E-state index < -0.39 is 38.3 Å². The van der Waals surface area contributed by atoms with Crippen molar-refractivity contribution in [3.05, 3.63) is 64.9 Å². The van der Waals surface area contributed by atoms with Crippen LogP contribution in [0.4, 0.5) is 4.39 Å². The van der Waals surface area contributed by atoms with Gasteiger partial charge in [-0.15, -0.1) is 0 Å². The van der Waals surface area contributed by atoms with E-state index in [-0.39, 0.29) is 4.90 Å². The first-order valence-electron chi connectivity index (χ1n) is 6.96. The molecule has 0 aromatic heterocycles. The summed E-state index contributed by atoms with van der Waals surface area (Å²) >= 11 is 5.75. The Hall–Kier alpha value is -1.96. The van der Waals surface area contributed by atoms with Crippen molar-refractivity contribution in [2.45, 2.75) is 21.6 Å². The van der Waals surface area contributed by atoms with Crippen molar-refractivity contribution in [1.29, 1.82) is 0 Å². The minimum atomic E-state index is -4.00. The predicted molar refractivity (Wildman–Crippen MR) is 86.1 cm³/mol. The number of hydrogen-bond donors (Lipinski definition) is 2. The maximum absolute atomic E-state index is 13.1. The molecule has 1 aliphatic carbocycles. The molecule has 2 aromatic rings. The number of nitrogens with two attached hydrogens (primary N) is 1. The van der Waals surface area contributed by atoms with Crippen LogP contribution in [0.3, 0.4) is 0 Å². The van der Waals surface area contributed by atoms with Crippen molar-refractivity contribution in [1.82, 2.24) is 0 Å². The number of halogens is 2. The fourth-order valence-electron chi connectivity index (χ4n) is 2.96. The van der Waals surface area contributed by atoms with Gasteiger partial charge >= 0.3 is 5.97 Å². The average Bonchev–Trinajstić information content (AvgIpc) is 3.17. The molecule has 1 fully saturated rings. The van der Waals surface area contributed by atoms with E-state index in [1.165, 1.54) is 36.4 Å². The molecule has 0 bridgehead atoms. The lowest BCUT2D eigenvalue weighted by molar-refractivity contribution is -0.139. The van der Waals surface area contributed by atoms with Crippen molar-refractivity contribution < 1.29 is 22.7 Å². The number of carbonyl (C=O) groups is 1. The second-order valence-corrected chi connectivity index (χ2v) is 8.19. The number of carboxylic acid groups (broad SMARTS) is 1. The number of aliphatic carboxylic acids is 1. The molecule has 0 saturated heterocycles. The van der Waals surface area contributed by atoms with Crippen LogP contribution in [0, 0.1) is 5.82 Å². The highest BCUT2D eigenvalue weighted by Crippen LogP contribution is 2.55. The van der Waals surface area contributed by atoms with Crippen LogP contribution in [0.5, 0.6) is 0 Å². The Morgan fingerprint density at radius 3 is 2.17 bits per heavy atom. The van der Waals surface area contributed by atoms with Gasteiger partial charge in [0.05, 0.1) is 4.90 Å². The van der Waals surface area contributed by atoms with E-state index in [1.54, 1.807) is 0 Å². The Labute approximate surface area is 142 Å². The van der Waals surface area contributed by atoms with Gasteiger partial charge in [0.25, 0.3) is 0 Å². The minimum Gasteiger partial charge on any atom is -0.480 e. The molecular formula is C16H13ClFNO4S. The van der Waals surface area contributed by atoms with Crippen LogP contribution in [0.2, 0.25) is 5.02 Å². The van der Waals surface area contributed by atoms with Crippen molar-refractivity contribution >= 4 is 27.4 Å². The van der Waals surface area contributed by atoms with Crippen molar-refractivity contribution in [2.24, 2.45) is 5.73 Å². The largest absolute Gasteiger partial charge is 0.480 e. The quantitative estimate of drug-likeness (QED) is 0.861. The molecular weight excluding hydrogens is 357 g/mol. The molecule has 0 unspecified atom stereocenters. The van der Waals surface area contributed by atoms with E-state index in [0.29, 0.717) is 10.6 Å².